The molecule has 2 saturated heterocycles. The Morgan fingerprint density at radius 1 is 0.741 bits per heavy atom. The van der Waals surface area contributed by atoms with Gasteiger partial charge in [-0.15, -0.1) is 0 Å². The molecule has 0 radical (unpaired) electrons. The maximum Gasteiger partial charge on any atom is 1.00 e. The first-order valence-electron chi connectivity index (χ1n) is 15.7. The smallest absolute Gasteiger partial charge is 0.744 e. The average molecular weight is 804 g/mol. The molecule has 24 heteroatoms. The molecule has 2 aromatic carbocycles. The summed E-state index contributed by atoms with van der Waals surface area (Å²) in [5, 5.41) is 5.77. The van der Waals surface area contributed by atoms with E-state index in [1.165, 1.54) is 18.2 Å². The van der Waals surface area contributed by atoms with Crippen LogP contribution < -0.4 is 91.0 Å². The minimum Gasteiger partial charge on any atom is -0.744 e. The van der Waals surface area contributed by atoms with E-state index in [4.69, 9.17) is 20.9 Å². The summed E-state index contributed by atoms with van der Waals surface area (Å²) in [5.74, 6) is 1.21. The van der Waals surface area contributed by atoms with E-state index in [1.807, 2.05) is 9.80 Å². The second kappa shape index (κ2) is 20.1. The second-order valence-corrected chi connectivity index (χ2v) is 14.0. The van der Waals surface area contributed by atoms with Crippen molar-refractivity contribution in [1.29, 1.82) is 0 Å². The predicted octanol–water partition coefficient (Wildman–Crippen LogP) is -4.43. The fourth-order valence-corrected chi connectivity index (χ4v) is 6.48. The summed E-state index contributed by atoms with van der Waals surface area (Å²) in [6.07, 6.45) is 3.27. The molecule has 2 aromatic heterocycles. The first-order chi connectivity index (χ1) is 24.7. The number of allylic oxidation sites excluding steroid dienone is 1. The zero-order chi connectivity index (χ0) is 37.5. The molecule has 0 unspecified atom stereocenters. The van der Waals surface area contributed by atoms with Crippen molar-refractivity contribution in [2.45, 2.75) is 23.6 Å². The fraction of sp³-hybridized carbons (Fsp3) is 0.333. The van der Waals surface area contributed by atoms with Gasteiger partial charge in [-0.05, 0) is 49.2 Å². The van der Waals surface area contributed by atoms with E-state index < -0.39 is 20.2 Å². The van der Waals surface area contributed by atoms with Gasteiger partial charge in [0.05, 0.1) is 31.3 Å². The molecule has 54 heavy (non-hydrogen) atoms. The Hall–Kier alpha value is -3.26. The van der Waals surface area contributed by atoms with Crippen LogP contribution in [0.1, 0.15) is 18.1 Å². The van der Waals surface area contributed by atoms with Crippen LogP contribution in [0.3, 0.4) is 0 Å². The molecule has 7 N–H and O–H groups in total. The number of aryl methyl sites for hydroxylation is 1. The molecule has 0 amide bonds. The molecular weight excluding hydrogens is 767 g/mol. The zero-order valence-electron chi connectivity index (χ0n) is 30.1. The third kappa shape index (κ3) is 12.6. The molecule has 0 spiro atoms. The fourth-order valence-electron chi connectivity index (χ4n) is 5.04. The summed E-state index contributed by atoms with van der Waals surface area (Å²) in [7, 11) is -8.97. The van der Waals surface area contributed by atoms with Gasteiger partial charge >= 0.3 is 59.1 Å². The van der Waals surface area contributed by atoms with Crippen molar-refractivity contribution in [1.82, 2.24) is 29.9 Å². The van der Waals surface area contributed by atoms with E-state index >= 15 is 0 Å². The average Bonchev–Trinajstić information content (AvgIpc) is 3.09. The molecule has 0 atom stereocenters. The van der Waals surface area contributed by atoms with Crippen molar-refractivity contribution >= 4 is 73.4 Å². The molecule has 278 valence electrons. The van der Waals surface area contributed by atoms with Gasteiger partial charge in [-0.1, -0.05) is 24.3 Å². The van der Waals surface area contributed by atoms with Gasteiger partial charge < -0.3 is 45.9 Å². The van der Waals surface area contributed by atoms with Crippen LogP contribution in [-0.2, 0) is 29.7 Å². The largest absolute Gasteiger partial charge is 1.00 e. The minimum absolute atomic E-state index is 0. The number of anilines is 8. The zero-order valence-corrected chi connectivity index (χ0v) is 35.8. The Morgan fingerprint density at radius 3 is 1.61 bits per heavy atom. The van der Waals surface area contributed by atoms with Crippen LogP contribution in [0.4, 0.5) is 47.1 Å². The SMILES string of the molecule is C/C=C/c1ccc(Nc2nc(N)nc(N3CCOCC3)n2)cc1S(=O)(=O)O.Cc1ccc(Nc2nc(N)nc(N3CCOCC3)n2)cc1S(=O)(=O)[O-].[Na+].[Na+]. The molecule has 2 fully saturated rings. The monoisotopic (exact) mass is 803 g/mol. The second-order valence-electron chi connectivity index (χ2n) is 11.2. The molecule has 0 bridgehead atoms. The molecule has 0 saturated carbocycles. The maximum absolute atomic E-state index is 11.7. The van der Waals surface area contributed by atoms with Gasteiger partial charge in [0.1, 0.15) is 15.0 Å². The normalized spacial score (nSPS) is 14.7. The van der Waals surface area contributed by atoms with Crippen molar-refractivity contribution in [3.05, 3.63) is 53.6 Å². The summed E-state index contributed by atoms with van der Waals surface area (Å²) < 4.78 is 77.3. The first-order valence-corrected chi connectivity index (χ1v) is 18.6. The van der Waals surface area contributed by atoms with Gasteiger partial charge in [-0.25, -0.2) is 8.42 Å². The van der Waals surface area contributed by atoms with E-state index in [0.717, 1.165) is 0 Å². The topological polar surface area (TPSA) is 290 Å². The van der Waals surface area contributed by atoms with Gasteiger partial charge in [0.25, 0.3) is 10.1 Å². The van der Waals surface area contributed by atoms with Gasteiger partial charge in [0.15, 0.2) is 0 Å². The molecule has 2 aliphatic heterocycles. The van der Waals surface area contributed by atoms with Crippen molar-refractivity contribution in [3.8, 4) is 0 Å². The molecular formula is C30H37N12Na2O8S2+. The Kier molecular flexibility index (Phi) is 16.8. The predicted molar refractivity (Wildman–Crippen MR) is 191 cm³/mol. The van der Waals surface area contributed by atoms with E-state index in [9.17, 15) is 25.9 Å². The number of rotatable bonds is 9. The third-order valence-electron chi connectivity index (χ3n) is 7.48. The first kappa shape index (κ1) is 45.1. The van der Waals surface area contributed by atoms with Gasteiger partial charge in [-0.2, -0.15) is 38.3 Å². The summed E-state index contributed by atoms with van der Waals surface area (Å²) in [5.41, 5.74) is 13.0. The van der Waals surface area contributed by atoms with E-state index in [0.29, 0.717) is 87.0 Å². The van der Waals surface area contributed by atoms with Gasteiger partial charge in [0, 0.05) is 37.6 Å². The van der Waals surface area contributed by atoms with Gasteiger partial charge in [-0.3, -0.25) is 4.55 Å². The van der Waals surface area contributed by atoms with Crippen LogP contribution >= 0.6 is 0 Å². The standard InChI is InChI=1S/C16H20N6O4S.C14H18N6O4S.2Na/c1-2-3-11-4-5-12(10-13(11)27(23,24)25)18-15-19-14(17)20-16(21-15)22-6-8-26-9-7-22;1-9-2-3-10(8-11(9)25(21,22)23)16-13-17-12(15)18-14(19-13)20-4-6-24-7-5-20;;/h2-5,10H,6-9H2,1H3,(H,23,24,25)(H3,17,18,19,20,21);2-3,8H,4-7H2,1H3,(H,21,22,23)(H3,15,16,17,18,19);;/q;;2*+1/p-1/b3-2+;;;. The molecule has 0 aliphatic carbocycles. The molecule has 6 rings (SSSR count). The summed E-state index contributed by atoms with van der Waals surface area (Å²) >= 11 is 0. The molecule has 4 heterocycles. The Labute approximate surface area is 356 Å². The number of morpholine rings is 2. The van der Waals surface area contributed by atoms with E-state index in [2.05, 4.69) is 40.5 Å². The number of benzene rings is 2. The maximum atomic E-state index is 11.7. The minimum atomic E-state index is -4.57. The van der Waals surface area contributed by atoms with Gasteiger partial charge in [0.2, 0.25) is 35.7 Å². The number of nitrogens with zero attached hydrogens (tertiary/aromatic N) is 8. The molecule has 4 aromatic rings. The van der Waals surface area contributed by atoms with E-state index in [-0.39, 0.29) is 92.7 Å². The van der Waals surface area contributed by atoms with Crippen LogP contribution in [0.25, 0.3) is 6.08 Å². The van der Waals surface area contributed by atoms with Crippen LogP contribution in [-0.4, -0.2) is 108 Å². The number of aromatic nitrogens is 6. The van der Waals surface area contributed by atoms with Crippen LogP contribution in [0.5, 0.6) is 0 Å². The van der Waals surface area contributed by atoms with E-state index in [1.54, 1.807) is 44.2 Å². The quantitative estimate of drug-likeness (QED) is 0.0788. The summed E-state index contributed by atoms with van der Waals surface area (Å²) in [6.45, 7) is 8.09. The molecule has 20 nitrogen and oxygen atoms in total. The van der Waals surface area contributed by atoms with Crippen molar-refractivity contribution in [2.24, 2.45) is 0 Å². The number of nitrogen functional groups attached to an aromatic ring is 2. The number of nitrogens with two attached hydrogens (primary N) is 2. The number of ether oxygens (including phenoxy) is 2. The summed E-state index contributed by atoms with van der Waals surface area (Å²) in [4.78, 5) is 28.2. The Morgan fingerprint density at radius 2 is 1.19 bits per heavy atom. The third-order valence-corrected chi connectivity index (χ3v) is 9.36. The summed E-state index contributed by atoms with van der Waals surface area (Å²) in [6, 6.07) is 8.92. The van der Waals surface area contributed by atoms with Crippen LogP contribution in [0, 0.1) is 6.92 Å². The number of hydrogen-bond donors (Lipinski definition) is 5. The van der Waals surface area contributed by atoms with Crippen molar-refractivity contribution < 1.29 is 94.5 Å². The Bertz CT molecular complexity index is 2160. The van der Waals surface area contributed by atoms with Crippen molar-refractivity contribution in [3.63, 3.8) is 0 Å². The number of nitrogens with one attached hydrogen (secondary N) is 2. The van der Waals surface area contributed by atoms with Crippen LogP contribution in [0.2, 0.25) is 0 Å². The van der Waals surface area contributed by atoms with Crippen molar-refractivity contribution in [2.75, 3.05) is 84.5 Å². The van der Waals surface area contributed by atoms with Crippen LogP contribution in [0.15, 0.2) is 52.3 Å². The number of hydrogen-bond acceptors (Lipinski definition) is 19. The molecule has 2 aliphatic rings. The Balaban J connectivity index is 0.000000281.